The van der Waals surface area contributed by atoms with Crippen molar-refractivity contribution < 1.29 is 0 Å². The van der Waals surface area contributed by atoms with Crippen LogP contribution in [0.1, 0.15) is 0 Å². The Morgan fingerprint density at radius 3 is 2.33 bits per heavy atom. The van der Waals surface area contributed by atoms with E-state index in [4.69, 9.17) is 0 Å². The van der Waals surface area contributed by atoms with E-state index in [1.807, 2.05) is 12.1 Å². The summed E-state index contributed by atoms with van der Waals surface area (Å²) in [6.45, 7) is 0. The molecular weight excluding hydrogens is 304 g/mol. The van der Waals surface area contributed by atoms with Gasteiger partial charge in [-0.25, -0.2) is 0 Å². The van der Waals surface area contributed by atoms with Crippen LogP contribution < -0.4 is 0 Å². The molecule has 1 radical (unpaired) electrons. The van der Waals surface area contributed by atoms with Crippen molar-refractivity contribution in [2.45, 2.75) is 9.79 Å². The van der Waals surface area contributed by atoms with Gasteiger partial charge in [-0.05, 0) is 53.2 Å². The van der Waals surface area contributed by atoms with Gasteiger partial charge in [0.15, 0.2) is 0 Å². The van der Waals surface area contributed by atoms with Crippen molar-refractivity contribution in [2.24, 2.45) is 0 Å². The van der Waals surface area contributed by atoms with Gasteiger partial charge in [-0.1, -0.05) is 52.0 Å². The normalized spacial score (nSPS) is 10.7. The molecule has 0 bridgehead atoms. The van der Waals surface area contributed by atoms with E-state index in [0.717, 1.165) is 4.47 Å². The number of fused-ring (bicyclic) bond motifs is 1. The van der Waals surface area contributed by atoms with Gasteiger partial charge in [-0.3, -0.25) is 0 Å². The van der Waals surface area contributed by atoms with Gasteiger partial charge in [0.25, 0.3) is 0 Å². The average Bonchev–Trinajstić information content (AvgIpc) is 2.40. The molecule has 18 heavy (non-hydrogen) atoms. The number of hydrogen-bond acceptors (Lipinski definition) is 1. The first-order chi connectivity index (χ1) is 8.81. The molecule has 0 atom stereocenters. The van der Waals surface area contributed by atoms with Crippen LogP contribution in [0.15, 0.2) is 74.9 Å². The van der Waals surface area contributed by atoms with Gasteiger partial charge < -0.3 is 0 Å². The van der Waals surface area contributed by atoms with Crippen molar-refractivity contribution in [3.05, 3.63) is 71.2 Å². The monoisotopic (exact) mass is 313 g/mol. The summed E-state index contributed by atoms with van der Waals surface area (Å²) in [7, 11) is 0. The lowest BCUT2D eigenvalue weighted by molar-refractivity contribution is 1.42. The van der Waals surface area contributed by atoms with Gasteiger partial charge in [0.1, 0.15) is 0 Å². The van der Waals surface area contributed by atoms with Gasteiger partial charge in [0, 0.05) is 14.3 Å². The maximum atomic E-state index is 3.50. The maximum Gasteiger partial charge on any atom is 0.0181 e. The van der Waals surface area contributed by atoms with E-state index < -0.39 is 0 Å². The van der Waals surface area contributed by atoms with Crippen molar-refractivity contribution >= 4 is 38.5 Å². The second-order valence-corrected chi connectivity index (χ2v) is 6.05. The molecule has 0 fully saturated rings. The fraction of sp³-hybridized carbons (Fsp3) is 0. The minimum absolute atomic E-state index is 1.12. The zero-order valence-corrected chi connectivity index (χ0v) is 12.0. The molecule has 0 saturated heterocycles. The molecule has 0 heterocycles. The predicted octanol–water partition coefficient (Wildman–Crippen LogP) is 5.55. The lowest BCUT2D eigenvalue weighted by atomic mass is 10.1. The highest BCUT2D eigenvalue weighted by Gasteiger charge is 1.99. The van der Waals surface area contributed by atoms with Crippen LogP contribution in [0.5, 0.6) is 0 Å². The van der Waals surface area contributed by atoms with Crippen LogP contribution in [0.4, 0.5) is 0 Å². The summed E-state index contributed by atoms with van der Waals surface area (Å²) in [5.74, 6) is 0. The first-order valence-electron chi connectivity index (χ1n) is 5.64. The Labute approximate surface area is 119 Å². The number of hydrogen-bond donors (Lipinski definition) is 0. The van der Waals surface area contributed by atoms with E-state index >= 15 is 0 Å². The highest BCUT2D eigenvalue weighted by Crippen LogP contribution is 2.30. The van der Waals surface area contributed by atoms with Crippen molar-refractivity contribution in [3.8, 4) is 0 Å². The van der Waals surface area contributed by atoms with Crippen LogP contribution in [-0.2, 0) is 0 Å². The Bertz CT molecular complexity index is 677. The van der Waals surface area contributed by atoms with E-state index in [1.165, 1.54) is 20.6 Å². The summed E-state index contributed by atoms with van der Waals surface area (Å²) in [6, 6.07) is 24.0. The van der Waals surface area contributed by atoms with Gasteiger partial charge >= 0.3 is 0 Å². The van der Waals surface area contributed by atoms with Gasteiger partial charge in [-0.15, -0.1) is 0 Å². The molecule has 87 valence electrons. The standard InChI is InChI=1S/C16H10BrS/c17-14-8-6-13-11-16(9-7-12(13)10-14)18-15-4-2-1-3-5-15/h2-11H. The number of rotatable bonds is 2. The van der Waals surface area contributed by atoms with Gasteiger partial charge in [0.2, 0.25) is 0 Å². The molecule has 0 aliphatic heterocycles. The Balaban J connectivity index is 1.96. The van der Waals surface area contributed by atoms with E-state index in [0.29, 0.717) is 0 Å². The first kappa shape index (κ1) is 11.8. The molecule has 0 saturated carbocycles. The Morgan fingerprint density at radius 2 is 1.50 bits per heavy atom. The minimum Gasteiger partial charge on any atom is -0.0901 e. The quantitative estimate of drug-likeness (QED) is 0.597. The summed E-state index contributed by atoms with van der Waals surface area (Å²) in [6.07, 6.45) is 0. The second-order valence-electron chi connectivity index (χ2n) is 3.99. The highest BCUT2D eigenvalue weighted by atomic mass is 79.9. The third-order valence-electron chi connectivity index (χ3n) is 2.70. The lowest BCUT2D eigenvalue weighted by Crippen LogP contribution is -1.76. The van der Waals surface area contributed by atoms with Crippen molar-refractivity contribution in [1.29, 1.82) is 0 Å². The molecule has 0 unspecified atom stereocenters. The fourth-order valence-electron chi connectivity index (χ4n) is 1.83. The van der Waals surface area contributed by atoms with Crippen molar-refractivity contribution in [2.75, 3.05) is 0 Å². The summed E-state index contributed by atoms with van der Waals surface area (Å²) in [5, 5.41) is 2.53. The van der Waals surface area contributed by atoms with Crippen LogP contribution in [0.3, 0.4) is 0 Å². The van der Waals surface area contributed by atoms with Crippen LogP contribution in [-0.4, -0.2) is 0 Å². The predicted molar refractivity (Wildman–Crippen MR) is 81.0 cm³/mol. The van der Waals surface area contributed by atoms with Gasteiger partial charge in [-0.2, -0.15) is 0 Å². The Hall–Kier alpha value is -1.25. The summed E-state index contributed by atoms with van der Waals surface area (Å²) in [4.78, 5) is 2.50. The molecule has 0 spiro atoms. The lowest BCUT2D eigenvalue weighted by Gasteiger charge is -2.04. The molecule has 0 amide bonds. The van der Waals surface area contributed by atoms with Crippen molar-refractivity contribution in [1.82, 2.24) is 0 Å². The minimum atomic E-state index is 1.12. The SMILES string of the molecule is Brc1ccc2cc(Sc3cc[c]cc3)ccc2c1. The Morgan fingerprint density at radius 1 is 0.778 bits per heavy atom. The van der Waals surface area contributed by atoms with Crippen LogP contribution in [0.25, 0.3) is 10.8 Å². The summed E-state index contributed by atoms with van der Waals surface area (Å²) < 4.78 is 1.12. The summed E-state index contributed by atoms with van der Waals surface area (Å²) in [5.41, 5.74) is 0. The topological polar surface area (TPSA) is 0 Å². The van der Waals surface area contributed by atoms with E-state index in [2.05, 4.69) is 70.5 Å². The summed E-state index contributed by atoms with van der Waals surface area (Å²) >= 11 is 5.27. The third-order valence-corrected chi connectivity index (χ3v) is 4.19. The fourth-order valence-corrected chi connectivity index (χ4v) is 3.08. The molecule has 0 nitrogen and oxygen atoms in total. The molecule has 0 aliphatic rings. The molecule has 2 heteroatoms. The van der Waals surface area contributed by atoms with Crippen LogP contribution in [0, 0.1) is 6.07 Å². The Kier molecular flexibility index (Phi) is 3.39. The van der Waals surface area contributed by atoms with Crippen molar-refractivity contribution in [3.63, 3.8) is 0 Å². The smallest absolute Gasteiger partial charge is 0.0181 e. The zero-order chi connectivity index (χ0) is 12.4. The highest BCUT2D eigenvalue weighted by molar-refractivity contribution is 9.10. The zero-order valence-electron chi connectivity index (χ0n) is 9.56. The largest absolute Gasteiger partial charge is 0.0901 e. The number of benzene rings is 3. The first-order valence-corrected chi connectivity index (χ1v) is 7.25. The molecule has 0 aliphatic carbocycles. The molecule has 0 aromatic heterocycles. The molecule has 0 N–H and O–H groups in total. The van der Waals surface area contributed by atoms with E-state index in [9.17, 15) is 0 Å². The molecule has 3 rings (SSSR count). The van der Waals surface area contributed by atoms with Gasteiger partial charge in [0.05, 0.1) is 0 Å². The third kappa shape index (κ3) is 2.60. The second kappa shape index (κ2) is 5.17. The number of halogens is 1. The molecule has 3 aromatic rings. The average molecular weight is 314 g/mol. The molecule has 3 aromatic carbocycles. The van der Waals surface area contributed by atoms with Crippen LogP contribution in [0.2, 0.25) is 0 Å². The van der Waals surface area contributed by atoms with Crippen LogP contribution >= 0.6 is 27.7 Å². The molecular formula is C16H10BrS. The van der Waals surface area contributed by atoms with E-state index in [1.54, 1.807) is 11.8 Å². The maximum absolute atomic E-state index is 3.50. The van der Waals surface area contributed by atoms with E-state index in [-0.39, 0.29) is 0 Å².